The summed E-state index contributed by atoms with van der Waals surface area (Å²) < 4.78 is 24.5. The first-order chi connectivity index (χ1) is 13.0. The minimum Gasteiger partial charge on any atom is -0.495 e. The summed E-state index contributed by atoms with van der Waals surface area (Å²) in [7, 11) is 2.82. The van der Waals surface area contributed by atoms with Crippen LogP contribution in [0.25, 0.3) is 5.69 Å². The number of rotatable bonds is 5. The number of carbonyl (C=O) groups is 1. The molecule has 0 saturated carbocycles. The fourth-order valence-corrected chi connectivity index (χ4v) is 2.45. The average Bonchev–Trinajstić information content (AvgIpc) is 2.68. The van der Waals surface area contributed by atoms with E-state index in [1.54, 1.807) is 24.3 Å². The molecule has 0 spiro atoms. The van der Waals surface area contributed by atoms with Gasteiger partial charge in [0, 0.05) is 0 Å². The van der Waals surface area contributed by atoms with Crippen LogP contribution in [0.5, 0.6) is 11.5 Å². The van der Waals surface area contributed by atoms with Crippen LogP contribution in [0.3, 0.4) is 0 Å². The number of hydrogen-bond acceptors (Lipinski definition) is 5. The van der Waals surface area contributed by atoms with Crippen molar-refractivity contribution in [3.63, 3.8) is 0 Å². The van der Waals surface area contributed by atoms with Crippen molar-refractivity contribution >= 4 is 11.6 Å². The molecular formula is C19H16FN3O4. The normalized spacial score (nSPS) is 10.3. The summed E-state index contributed by atoms with van der Waals surface area (Å²) in [6.07, 6.45) is 0. The Labute approximate surface area is 154 Å². The molecule has 1 N–H and O–H groups in total. The summed E-state index contributed by atoms with van der Waals surface area (Å²) >= 11 is 0. The zero-order valence-corrected chi connectivity index (χ0v) is 14.6. The van der Waals surface area contributed by atoms with Gasteiger partial charge >= 0.3 is 0 Å². The Kier molecular flexibility index (Phi) is 5.16. The van der Waals surface area contributed by atoms with Crippen LogP contribution in [0.2, 0.25) is 0 Å². The molecule has 138 valence electrons. The molecule has 0 bridgehead atoms. The third kappa shape index (κ3) is 3.79. The van der Waals surface area contributed by atoms with Gasteiger partial charge in [0.1, 0.15) is 11.6 Å². The van der Waals surface area contributed by atoms with Crippen molar-refractivity contribution in [2.45, 2.75) is 0 Å². The molecule has 3 aromatic rings. The molecule has 0 aliphatic heterocycles. The number of anilines is 1. The highest BCUT2D eigenvalue weighted by molar-refractivity contribution is 6.05. The van der Waals surface area contributed by atoms with Gasteiger partial charge in [0.2, 0.25) is 0 Å². The highest BCUT2D eigenvalue weighted by atomic mass is 19.1. The molecule has 7 nitrogen and oxygen atoms in total. The summed E-state index contributed by atoms with van der Waals surface area (Å²) in [6, 6.07) is 13.2. The van der Waals surface area contributed by atoms with E-state index in [1.807, 2.05) is 0 Å². The molecular weight excluding hydrogens is 353 g/mol. The molecule has 1 aromatic heterocycles. The van der Waals surface area contributed by atoms with Crippen LogP contribution in [0.1, 0.15) is 10.5 Å². The van der Waals surface area contributed by atoms with Gasteiger partial charge in [-0.2, -0.15) is 9.78 Å². The van der Waals surface area contributed by atoms with E-state index in [0.717, 1.165) is 10.7 Å². The molecule has 0 saturated heterocycles. The smallest absolute Gasteiger partial charge is 0.280 e. The molecule has 0 atom stereocenters. The van der Waals surface area contributed by atoms with Gasteiger partial charge in [0.25, 0.3) is 11.5 Å². The van der Waals surface area contributed by atoms with E-state index < -0.39 is 17.3 Å². The van der Waals surface area contributed by atoms with Crippen LogP contribution >= 0.6 is 0 Å². The van der Waals surface area contributed by atoms with E-state index in [2.05, 4.69) is 10.4 Å². The number of nitrogens with zero attached hydrogens (tertiary/aromatic N) is 2. The second-order valence-corrected chi connectivity index (χ2v) is 5.44. The predicted molar refractivity (Wildman–Crippen MR) is 97.3 cm³/mol. The Morgan fingerprint density at radius 3 is 2.37 bits per heavy atom. The molecule has 0 unspecified atom stereocenters. The van der Waals surface area contributed by atoms with Gasteiger partial charge in [0.15, 0.2) is 11.4 Å². The molecule has 8 heteroatoms. The lowest BCUT2D eigenvalue weighted by atomic mass is 10.2. The van der Waals surface area contributed by atoms with Crippen LogP contribution < -0.4 is 20.3 Å². The zero-order chi connectivity index (χ0) is 19.4. The topological polar surface area (TPSA) is 82.5 Å². The largest absolute Gasteiger partial charge is 0.495 e. The number of nitrogens with one attached hydrogen (secondary N) is 1. The van der Waals surface area contributed by atoms with Crippen molar-refractivity contribution in [1.82, 2.24) is 9.78 Å². The quantitative estimate of drug-likeness (QED) is 0.748. The SMILES string of the molecule is COc1ccccc1NC(=O)c1nn(-c2ccc(F)cc2)c(=O)cc1OC. The number of carbonyl (C=O) groups excluding carboxylic acids is 1. The molecule has 0 radical (unpaired) electrons. The number of para-hydroxylation sites is 2. The maximum atomic E-state index is 13.1. The summed E-state index contributed by atoms with van der Waals surface area (Å²) in [5.74, 6) is -0.552. The zero-order valence-electron chi connectivity index (χ0n) is 14.6. The lowest BCUT2D eigenvalue weighted by Gasteiger charge is -2.13. The fourth-order valence-electron chi connectivity index (χ4n) is 2.45. The number of methoxy groups -OCH3 is 2. The maximum Gasteiger partial charge on any atom is 0.280 e. The Hall–Kier alpha value is -3.68. The number of hydrogen-bond donors (Lipinski definition) is 1. The van der Waals surface area contributed by atoms with Crippen molar-refractivity contribution in [3.05, 3.63) is 76.5 Å². The molecule has 0 fully saturated rings. The Bertz CT molecular complexity index is 1030. The molecule has 0 aliphatic carbocycles. The van der Waals surface area contributed by atoms with Crippen molar-refractivity contribution in [1.29, 1.82) is 0 Å². The molecule has 27 heavy (non-hydrogen) atoms. The number of benzene rings is 2. The van der Waals surface area contributed by atoms with Crippen molar-refractivity contribution in [2.24, 2.45) is 0 Å². The first-order valence-electron chi connectivity index (χ1n) is 7.92. The lowest BCUT2D eigenvalue weighted by molar-refractivity contribution is 0.101. The maximum absolute atomic E-state index is 13.1. The monoisotopic (exact) mass is 369 g/mol. The van der Waals surface area contributed by atoms with E-state index in [4.69, 9.17) is 9.47 Å². The van der Waals surface area contributed by atoms with Crippen LogP contribution in [0, 0.1) is 5.82 Å². The van der Waals surface area contributed by atoms with Gasteiger partial charge in [-0.3, -0.25) is 9.59 Å². The average molecular weight is 369 g/mol. The Morgan fingerprint density at radius 2 is 1.70 bits per heavy atom. The summed E-state index contributed by atoms with van der Waals surface area (Å²) in [5, 5.41) is 6.78. The minimum absolute atomic E-state index is 0.0192. The van der Waals surface area contributed by atoms with Crippen molar-refractivity contribution in [3.8, 4) is 17.2 Å². The van der Waals surface area contributed by atoms with Crippen molar-refractivity contribution < 1.29 is 18.7 Å². The number of halogens is 1. The third-order valence-electron chi connectivity index (χ3n) is 3.76. The predicted octanol–water partition coefficient (Wildman–Crippen LogP) is 2.64. The second-order valence-electron chi connectivity index (χ2n) is 5.44. The minimum atomic E-state index is -0.591. The van der Waals surface area contributed by atoms with Gasteiger partial charge in [-0.15, -0.1) is 0 Å². The molecule has 2 aromatic carbocycles. The molecule has 1 heterocycles. The van der Waals surface area contributed by atoms with Gasteiger partial charge in [-0.25, -0.2) is 4.39 Å². The fraction of sp³-hybridized carbons (Fsp3) is 0.105. The Morgan fingerprint density at radius 1 is 1.04 bits per heavy atom. The second kappa shape index (κ2) is 7.69. The van der Waals surface area contributed by atoms with Crippen LogP contribution in [-0.2, 0) is 0 Å². The standard InChI is InChI=1S/C19H16FN3O4/c1-26-15-6-4-3-5-14(15)21-19(25)18-16(27-2)11-17(24)23(22-18)13-9-7-12(20)8-10-13/h3-11H,1-2H3,(H,21,25). The van der Waals surface area contributed by atoms with Gasteiger partial charge in [0.05, 0.1) is 31.7 Å². The molecule has 3 rings (SSSR count). The van der Waals surface area contributed by atoms with E-state index in [1.165, 1.54) is 38.5 Å². The first kappa shape index (κ1) is 18.1. The number of amides is 1. The lowest BCUT2D eigenvalue weighted by Crippen LogP contribution is -2.26. The van der Waals surface area contributed by atoms with Crippen LogP contribution in [-0.4, -0.2) is 29.9 Å². The number of aromatic nitrogens is 2. The van der Waals surface area contributed by atoms with E-state index in [9.17, 15) is 14.0 Å². The van der Waals surface area contributed by atoms with Crippen LogP contribution in [0.4, 0.5) is 10.1 Å². The number of ether oxygens (including phenoxy) is 2. The van der Waals surface area contributed by atoms with Gasteiger partial charge < -0.3 is 14.8 Å². The molecule has 1 amide bonds. The van der Waals surface area contributed by atoms with Gasteiger partial charge in [-0.05, 0) is 36.4 Å². The summed E-state index contributed by atoms with van der Waals surface area (Å²) in [6.45, 7) is 0. The highest BCUT2D eigenvalue weighted by Gasteiger charge is 2.19. The molecule has 0 aliphatic rings. The van der Waals surface area contributed by atoms with E-state index in [-0.39, 0.29) is 11.4 Å². The van der Waals surface area contributed by atoms with Gasteiger partial charge in [-0.1, -0.05) is 12.1 Å². The van der Waals surface area contributed by atoms with E-state index >= 15 is 0 Å². The van der Waals surface area contributed by atoms with Crippen LogP contribution in [0.15, 0.2) is 59.4 Å². The van der Waals surface area contributed by atoms with E-state index in [0.29, 0.717) is 17.1 Å². The Balaban J connectivity index is 2.03. The third-order valence-corrected chi connectivity index (χ3v) is 3.76. The van der Waals surface area contributed by atoms with Crippen molar-refractivity contribution in [2.75, 3.05) is 19.5 Å². The highest BCUT2D eigenvalue weighted by Crippen LogP contribution is 2.24. The first-order valence-corrected chi connectivity index (χ1v) is 7.92. The summed E-state index contributed by atoms with van der Waals surface area (Å²) in [5.41, 5.74) is 0.128. The summed E-state index contributed by atoms with van der Waals surface area (Å²) in [4.78, 5) is 25.0.